The molecule has 1 aliphatic heterocycles. The number of rotatable bonds is 6. The van der Waals surface area contributed by atoms with Gasteiger partial charge in [0.05, 0.1) is 11.6 Å². The Kier molecular flexibility index (Phi) is 5.62. The van der Waals surface area contributed by atoms with Crippen molar-refractivity contribution in [2.75, 3.05) is 20.3 Å². The summed E-state index contributed by atoms with van der Waals surface area (Å²) in [6, 6.07) is 4.86. The molecule has 21 heavy (non-hydrogen) atoms. The van der Waals surface area contributed by atoms with Crippen molar-refractivity contribution in [2.45, 2.75) is 30.8 Å². The van der Waals surface area contributed by atoms with Gasteiger partial charge in [-0.3, -0.25) is 0 Å². The summed E-state index contributed by atoms with van der Waals surface area (Å²) in [6.07, 6.45) is 0.872. The van der Waals surface area contributed by atoms with Crippen LogP contribution in [0.25, 0.3) is 0 Å². The fourth-order valence-electron chi connectivity index (χ4n) is 2.42. The van der Waals surface area contributed by atoms with E-state index in [0.29, 0.717) is 19.8 Å². The number of sulfonamides is 1. The van der Waals surface area contributed by atoms with Crippen molar-refractivity contribution < 1.29 is 13.2 Å². The van der Waals surface area contributed by atoms with Crippen LogP contribution in [-0.2, 0) is 21.3 Å². The highest BCUT2D eigenvalue weighted by Crippen LogP contribution is 2.24. The van der Waals surface area contributed by atoms with Crippen LogP contribution < -0.4 is 10.0 Å². The van der Waals surface area contributed by atoms with E-state index < -0.39 is 10.0 Å². The van der Waals surface area contributed by atoms with Gasteiger partial charge < -0.3 is 10.1 Å². The molecular weight excluding hydrogens is 312 g/mol. The summed E-state index contributed by atoms with van der Waals surface area (Å²) in [5.74, 6) is 0.207. The first-order valence-corrected chi connectivity index (χ1v) is 8.83. The molecule has 118 valence electrons. The number of benzene rings is 1. The minimum Gasteiger partial charge on any atom is -0.381 e. The quantitative estimate of drug-likeness (QED) is 0.833. The Hall–Kier alpha value is -0.660. The van der Waals surface area contributed by atoms with Gasteiger partial charge in [0, 0.05) is 25.1 Å². The van der Waals surface area contributed by atoms with E-state index in [1.54, 1.807) is 12.1 Å². The molecule has 2 N–H and O–H groups in total. The smallest absolute Gasteiger partial charge is 0.242 e. The van der Waals surface area contributed by atoms with Gasteiger partial charge in [0.25, 0.3) is 0 Å². The van der Waals surface area contributed by atoms with Crippen LogP contribution >= 0.6 is 11.6 Å². The number of ether oxygens (including phenoxy) is 1. The lowest BCUT2D eigenvalue weighted by Crippen LogP contribution is -2.38. The first kappa shape index (κ1) is 16.7. The zero-order valence-corrected chi connectivity index (χ0v) is 13.8. The van der Waals surface area contributed by atoms with Crippen molar-refractivity contribution in [3.05, 3.63) is 28.8 Å². The normalized spacial score (nSPS) is 20.6. The van der Waals surface area contributed by atoms with Crippen LogP contribution in [0.15, 0.2) is 23.1 Å². The van der Waals surface area contributed by atoms with Crippen LogP contribution in [0.3, 0.4) is 0 Å². The first-order chi connectivity index (χ1) is 9.94. The molecule has 5 nitrogen and oxygen atoms in total. The standard InChI is InChI=1S/C14H21ClN2O3S/c1-10(12-5-6-20-9-12)17-21(18,19)14-7-11(8-16-2)3-4-13(14)15/h3-4,7,10,12,16-17H,5-6,8-9H2,1-2H3. The molecule has 1 aliphatic rings. The third kappa shape index (κ3) is 4.17. The zero-order valence-electron chi connectivity index (χ0n) is 12.2. The van der Waals surface area contributed by atoms with Gasteiger partial charge in [-0.05, 0) is 38.1 Å². The molecule has 0 aromatic heterocycles. The SMILES string of the molecule is CNCc1ccc(Cl)c(S(=O)(=O)NC(C)C2CCOC2)c1. The highest BCUT2D eigenvalue weighted by molar-refractivity contribution is 7.89. The fraction of sp³-hybridized carbons (Fsp3) is 0.571. The van der Waals surface area contributed by atoms with Crippen LogP contribution in [0.1, 0.15) is 18.9 Å². The molecule has 1 aromatic rings. The van der Waals surface area contributed by atoms with E-state index in [-0.39, 0.29) is 21.9 Å². The van der Waals surface area contributed by atoms with E-state index in [2.05, 4.69) is 10.0 Å². The summed E-state index contributed by atoms with van der Waals surface area (Å²) in [5.41, 5.74) is 0.874. The molecule has 0 radical (unpaired) electrons. The maximum Gasteiger partial charge on any atom is 0.242 e. The maximum absolute atomic E-state index is 12.5. The lowest BCUT2D eigenvalue weighted by molar-refractivity contribution is 0.180. The molecule has 0 amide bonds. The molecule has 1 saturated heterocycles. The number of halogens is 1. The molecule has 1 aromatic carbocycles. The van der Waals surface area contributed by atoms with Gasteiger partial charge in [-0.1, -0.05) is 17.7 Å². The van der Waals surface area contributed by atoms with E-state index in [1.807, 2.05) is 20.0 Å². The molecule has 1 heterocycles. The predicted octanol–water partition coefficient (Wildman–Crippen LogP) is 1.76. The van der Waals surface area contributed by atoms with Gasteiger partial charge in [-0.2, -0.15) is 0 Å². The second kappa shape index (κ2) is 7.07. The summed E-state index contributed by atoms with van der Waals surface area (Å²) < 4.78 is 33.1. The van der Waals surface area contributed by atoms with Crippen molar-refractivity contribution in [1.29, 1.82) is 0 Å². The second-order valence-corrected chi connectivity index (χ2v) is 7.42. The molecule has 1 fully saturated rings. The van der Waals surface area contributed by atoms with Crippen molar-refractivity contribution in [1.82, 2.24) is 10.0 Å². The molecule has 0 aliphatic carbocycles. The van der Waals surface area contributed by atoms with Gasteiger partial charge in [0.15, 0.2) is 0 Å². The predicted molar refractivity (Wildman–Crippen MR) is 82.9 cm³/mol. The molecule has 2 rings (SSSR count). The topological polar surface area (TPSA) is 67.4 Å². The van der Waals surface area contributed by atoms with Crippen molar-refractivity contribution in [3.8, 4) is 0 Å². The highest BCUT2D eigenvalue weighted by atomic mass is 35.5. The Morgan fingerprint density at radius 3 is 2.86 bits per heavy atom. The Labute approximate surface area is 131 Å². The van der Waals surface area contributed by atoms with Crippen molar-refractivity contribution >= 4 is 21.6 Å². The van der Waals surface area contributed by atoms with E-state index in [0.717, 1.165) is 12.0 Å². The third-order valence-electron chi connectivity index (χ3n) is 3.68. The summed E-state index contributed by atoms with van der Waals surface area (Å²) in [5, 5.41) is 3.23. The summed E-state index contributed by atoms with van der Waals surface area (Å²) >= 11 is 6.06. The molecule has 0 saturated carbocycles. The van der Waals surface area contributed by atoms with Crippen LogP contribution in [0.2, 0.25) is 5.02 Å². The minimum atomic E-state index is -3.63. The van der Waals surface area contributed by atoms with Gasteiger partial charge >= 0.3 is 0 Å². The molecule has 0 bridgehead atoms. The lowest BCUT2D eigenvalue weighted by atomic mass is 10.0. The van der Waals surface area contributed by atoms with Gasteiger partial charge in [-0.15, -0.1) is 0 Å². The zero-order chi connectivity index (χ0) is 15.5. The summed E-state index contributed by atoms with van der Waals surface area (Å²) in [7, 11) is -1.82. The van der Waals surface area contributed by atoms with E-state index in [4.69, 9.17) is 16.3 Å². The third-order valence-corrected chi connectivity index (χ3v) is 5.72. The fourth-order valence-corrected chi connectivity index (χ4v) is 4.28. The molecular formula is C14H21ClN2O3S. The van der Waals surface area contributed by atoms with E-state index in [1.165, 1.54) is 0 Å². The van der Waals surface area contributed by atoms with Crippen LogP contribution in [0.5, 0.6) is 0 Å². The van der Waals surface area contributed by atoms with Crippen LogP contribution in [0, 0.1) is 5.92 Å². The average molecular weight is 333 g/mol. The first-order valence-electron chi connectivity index (χ1n) is 6.97. The van der Waals surface area contributed by atoms with E-state index in [9.17, 15) is 8.42 Å². The maximum atomic E-state index is 12.5. The summed E-state index contributed by atoms with van der Waals surface area (Å²) in [6.45, 7) is 3.74. The Morgan fingerprint density at radius 1 is 1.48 bits per heavy atom. The number of nitrogens with one attached hydrogen (secondary N) is 2. The molecule has 7 heteroatoms. The van der Waals surface area contributed by atoms with Gasteiger partial charge in [0.2, 0.25) is 10.0 Å². The molecule has 2 atom stereocenters. The van der Waals surface area contributed by atoms with Crippen molar-refractivity contribution in [2.24, 2.45) is 5.92 Å². The van der Waals surface area contributed by atoms with Gasteiger partial charge in [-0.25, -0.2) is 13.1 Å². The largest absolute Gasteiger partial charge is 0.381 e. The minimum absolute atomic E-state index is 0.127. The highest BCUT2D eigenvalue weighted by Gasteiger charge is 2.28. The molecule has 2 unspecified atom stereocenters. The summed E-state index contributed by atoms with van der Waals surface area (Å²) in [4.78, 5) is 0.127. The van der Waals surface area contributed by atoms with Crippen LogP contribution in [0.4, 0.5) is 0 Å². The Morgan fingerprint density at radius 2 is 2.24 bits per heavy atom. The lowest BCUT2D eigenvalue weighted by Gasteiger charge is -2.20. The van der Waals surface area contributed by atoms with Gasteiger partial charge in [0.1, 0.15) is 4.90 Å². The van der Waals surface area contributed by atoms with Crippen molar-refractivity contribution in [3.63, 3.8) is 0 Å². The number of hydrogen-bond acceptors (Lipinski definition) is 4. The average Bonchev–Trinajstić information content (AvgIpc) is 2.94. The monoisotopic (exact) mass is 332 g/mol. The Bertz CT molecular complexity index is 586. The van der Waals surface area contributed by atoms with E-state index >= 15 is 0 Å². The molecule has 0 spiro atoms. The second-order valence-electron chi connectivity index (χ2n) is 5.33. The van der Waals surface area contributed by atoms with Crippen LogP contribution in [-0.4, -0.2) is 34.7 Å². The Balaban J connectivity index is 2.19. The number of hydrogen-bond donors (Lipinski definition) is 2.